The van der Waals surface area contributed by atoms with Gasteiger partial charge in [0.15, 0.2) is 17.3 Å². The third kappa shape index (κ3) is 3.86. The van der Waals surface area contributed by atoms with E-state index in [1.165, 1.54) is 13.5 Å². The summed E-state index contributed by atoms with van der Waals surface area (Å²) in [4.78, 5) is 13.0. The number of fused-ring (bicyclic) bond motifs is 2. The first-order valence-electron chi connectivity index (χ1n) is 10.6. The Hall–Kier alpha value is -3.26. The van der Waals surface area contributed by atoms with E-state index in [1.54, 1.807) is 24.3 Å². The highest BCUT2D eigenvalue weighted by Gasteiger charge is 2.22. The minimum Gasteiger partial charge on any atom is -0.493 e. The molecule has 9 heteroatoms. The maximum absolute atomic E-state index is 13.0. The van der Waals surface area contributed by atoms with Crippen LogP contribution in [0.3, 0.4) is 0 Å². The third-order valence-corrected chi connectivity index (χ3v) is 5.99. The zero-order chi connectivity index (χ0) is 22.1. The van der Waals surface area contributed by atoms with E-state index in [1.807, 2.05) is 6.07 Å². The van der Waals surface area contributed by atoms with Gasteiger partial charge in [-0.15, -0.1) is 10.2 Å². The van der Waals surface area contributed by atoms with Gasteiger partial charge in [-0.3, -0.25) is 4.79 Å². The van der Waals surface area contributed by atoms with Gasteiger partial charge in [0.05, 0.1) is 12.1 Å². The second-order valence-electron chi connectivity index (χ2n) is 7.75. The number of carbonyl (C=O) groups excluding carboxylic acids is 1. The number of hydrogen-bond donors (Lipinski definition) is 1. The Labute approximate surface area is 190 Å². The fourth-order valence-electron chi connectivity index (χ4n) is 4.07. The van der Waals surface area contributed by atoms with Gasteiger partial charge in [0.2, 0.25) is 5.75 Å². The summed E-state index contributed by atoms with van der Waals surface area (Å²) in [6.45, 7) is 1.72. The van der Waals surface area contributed by atoms with Crippen LogP contribution >= 0.6 is 11.6 Å². The van der Waals surface area contributed by atoms with Crippen molar-refractivity contribution in [2.45, 2.75) is 32.2 Å². The molecule has 5 rings (SSSR count). The summed E-state index contributed by atoms with van der Waals surface area (Å²) in [5.41, 5.74) is 1.75. The van der Waals surface area contributed by atoms with E-state index in [4.69, 9.17) is 25.8 Å². The number of methoxy groups -OCH3 is 1. The van der Waals surface area contributed by atoms with Crippen LogP contribution in [0, 0.1) is 0 Å². The number of anilines is 1. The number of nitrogens with one attached hydrogen (secondary N) is 1. The van der Waals surface area contributed by atoms with Crippen LogP contribution in [0.4, 0.5) is 5.69 Å². The lowest BCUT2D eigenvalue weighted by molar-refractivity contribution is 0.102. The van der Waals surface area contributed by atoms with E-state index in [9.17, 15) is 4.79 Å². The number of aromatic nitrogens is 3. The van der Waals surface area contributed by atoms with E-state index >= 15 is 0 Å². The van der Waals surface area contributed by atoms with Crippen LogP contribution in [0.5, 0.6) is 17.2 Å². The van der Waals surface area contributed by atoms with Crippen molar-refractivity contribution in [1.82, 2.24) is 14.8 Å². The Morgan fingerprint density at radius 3 is 2.88 bits per heavy atom. The number of benzene rings is 2. The molecule has 3 heterocycles. The molecule has 0 unspecified atom stereocenters. The lowest BCUT2D eigenvalue weighted by Gasteiger charge is -2.21. The summed E-state index contributed by atoms with van der Waals surface area (Å²) in [6, 6.07) is 8.64. The average molecular weight is 455 g/mol. The summed E-state index contributed by atoms with van der Waals surface area (Å²) in [5, 5.41) is 12.2. The summed E-state index contributed by atoms with van der Waals surface area (Å²) in [6.07, 6.45) is 4.28. The predicted molar refractivity (Wildman–Crippen MR) is 120 cm³/mol. The monoisotopic (exact) mass is 454 g/mol. The Morgan fingerprint density at radius 1 is 1.12 bits per heavy atom. The maximum Gasteiger partial charge on any atom is 0.255 e. The molecule has 3 aromatic rings. The molecule has 2 aromatic carbocycles. The fourth-order valence-corrected chi connectivity index (χ4v) is 4.27. The molecule has 0 spiro atoms. The first-order chi connectivity index (χ1) is 15.6. The number of nitrogens with zero attached hydrogens (tertiary/aromatic N) is 3. The third-order valence-electron chi connectivity index (χ3n) is 5.66. The molecule has 8 nitrogen and oxygen atoms in total. The Bertz CT molecular complexity index is 1160. The van der Waals surface area contributed by atoms with Crippen LogP contribution in [-0.2, 0) is 13.0 Å². The van der Waals surface area contributed by atoms with Gasteiger partial charge in [0, 0.05) is 29.8 Å². The van der Waals surface area contributed by atoms with Crippen LogP contribution < -0.4 is 19.5 Å². The summed E-state index contributed by atoms with van der Waals surface area (Å²) < 4.78 is 18.8. The van der Waals surface area contributed by atoms with Gasteiger partial charge in [-0.25, -0.2) is 0 Å². The Morgan fingerprint density at radius 2 is 2.00 bits per heavy atom. The molecular formula is C23H23ClN4O4. The molecular weight excluding hydrogens is 432 g/mol. The summed E-state index contributed by atoms with van der Waals surface area (Å²) in [5.74, 6) is 2.86. The second-order valence-corrected chi connectivity index (χ2v) is 8.16. The molecule has 1 N–H and O–H groups in total. The van der Waals surface area contributed by atoms with Gasteiger partial charge in [0.1, 0.15) is 19.0 Å². The smallest absolute Gasteiger partial charge is 0.255 e. The molecule has 1 aromatic heterocycles. The van der Waals surface area contributed by atoms with Crippen molar-refractivity contribution in [3.05, 3.63) is 46.7 Å². The van der Waals surface area contributed by atoms with E-state index < -0.39 is 0 Å². The molecule has 0 fully saturated rings. The van der Waals surface area contributed by atoms with E-state index in [0.717, 1.165) is 43.0 Å². The first kappa shape index (κ1) is 20.6. The molecule has 1 amide bonds. The normalized spacial score (nSPS) is 14.9. The number of hydrogen-bond acceptors (Lipinski definition) is 6. The highest BCUT2D eigenvalue weighted by molar-refractivity contribution is 6.33. The minimum atomic E-state index is -0.298. The molecule has 2 aliphatic heterocycles. The topological polar surface area (TPSA) is 87.5 Å². The first-order valence-corrected chi connectivity index (χ1v) is 11.0. The van der Waals surface area contributed by atoms with Crippen molar-refractivity contribution in [3.8, 4) is 28.6 Å². The van der Waals surface area contributed by atoms with Crippen LogP contribution in [-0.4, -0.2) is 41.0 Å². The van der Waals surface area contributed by atoms with Crippen LogP contribution in [0.25, 0.3) is 11.4 Å². The number of carbonyl (C=O) groups is 1. The number of ether oxygens (including phenoxy) is 3. The summed E-state index contributed by atoms with van der Waals surface area (Å²) >= 11 is 6.50. The maximum atomic E-state index is 13.0. The van der Waals surface area contributed by atoms with Gasteiger partial charge in [-0.05, 0) is 43.2 Å². The molecule has 0 bridgehead atoms. The largest absolute Gasteiger partial charge is 0.493 e. The summed E-state index contributed by atoms with van der Waals surface area (Å²) in [7, 11) is 1.53. The molecule has 32 heavy (non-hydrogen) atoms. The molecule has 0 atom stereocenters. The number of amides is 1. The number of rotatable bonds is 4. The fraction of sp³-hybridized carbons (Fsp3) is 0.348. The molecule has 166 valence electrons. The van der Waals surface area contributed by atoms with E-state index in [0.29, 0.717) is 46.7 Å². The van der Waals surface area contributed by atoms with E-state index in [2.05, 4.69) is 20.1 Å². The van der Waals surface area contributed by atoms with Crippen molar-refractivity contribution < 1.29 is 19.0 Å². The number of aryl methyl sites for hydroxylation is 1. The quantitative estimate of drug-likeness (QED) is 0.630. The Kier molecular flexibility index (Phi) is 5.61. The predicted octanol–water partition coefficient (Wildman–Crippen LogP) is 4.36. The SMILES string of the molecule is COc1cc(C(=O)Nc2ccc(Cl)c(-c3nnc4n3CCCCC4)c2)cc2c1OCCO2. The zero-order valence-electron chi connectivity index (χ0n) is 17.7. The minimum absolute atomic E-state index is 0.298. The Balaban J connectivity index is 1.44. The van der Waals surface area contributed by atoms with Crippen LogP contribution in [0.1, 0.15) is 35.4 Å². The highest BCUT2D eigenvalue weighted by atomic mass is 35.5. The molecule has 0 saturated heterocycles. The molecule has 2 aliphatic rings. The van der Waals surface area contributed by atoms with Crippen LogP contribution in [0.2, 0.25) is 5.02 Å². The highest BCUT2D eigenvalue weighted by Crippen LogP contribution is 2.40. The van der Waals surface area contributed by atoms with Crippen LogP contribution in [0.15, 0.2) is 30.3 Å². The van der Waals surface area contributed by atoms with Crippen molar-refractivity contribution in [2.24, 2.45) is 0 Å². The van der Waals surface area contributed by atoms with Gasteiger partial charge in [-0.1, -0.05) is 18.0 Å². The van der Waals surface area contributed by atoms with Crippen molar-refractivity contribution in [2.75, 3.05) is 25.6 Å². The lowest BCUT2D eigenvalue weighted by atomic mass is 10.1. The van der Waals surface area contributed by atoms with Crippen molar-refractivity contribution >= 4 is 23.2 Å². The second kappa shape index (κ2) is 8.70. The molecule has 0 aliphatic carbocycles. The van der Waals surface area contributed by atoms with Gasteiger partial charge >= 0.3 is 0 Å². The van der Waals surface area contributed by atoms with Crippen molar-refractivity contribution in [1.29, 1.82) is 0 Å². The average Bonchev–Trinajstić information content (AvgIpc) is 3.06. The molecule has 0 radical (unpaired) electrons. The molecule has 0 saturated carbocycles. The standard InChI is InChI=1S/C23H23ClN4O4/c1-30-18-11-14(12-19-21(18)32-10-9-31-19)23(29)25-15-6-7-17(24)16(13-15)22-27-26-20-5-3-2-4-8-28(20)22/h6-7,11-13H,2-5,8-10H2,1H3,(H,25,29). The van der Waals surface area contributed by atoms with Gasteiger partial charge in [0.25, 0.3) is 5.91 Å². The van der Waals surface area contributed by atoms with Gasteiger partial charge < -0.3 is 24.1 Å². The van der Waals surface area contributed by atoms with E-state index in [-0.39, 0.29) is 5.91 Å². The lowest BCUT2D eigenvalue weighted by Crippen LogP contribution is -2.18. The van der Waals surface area contributed by atoms with Gasteiger partial charge in [-0.2, -0.15) is 0 Å². The number of halogens is 1. The zero-order valence-corrected chi connectivity index (χ0v) is 18.4. The van der Waals surface area contributed by atoms with Crippen molar-refractivity contribution in [3.63, 3.8) is 0 Å².